The van der Waals surface area contributed by atoms with E-state index in [0.29, 0.717) is 11.5 Å². The topological polar surface area (TPSA) is 90.1 Å². The molecule has 0 saturated heterocycles. The summed E-state index contributed by atoms with van der Waals surface area (Å²) in [6.07, 6.45) is 1.42. The van der Waals surface area contributed by atoms with Crippen molar-refractivity contribution in [1.29, 1.82) is 0 Å². The number of carbonyl (C=O) groups is 1. The highest BCUT2D eigenvalue weighted by Gasteiger charge is 2.15. The van der Waals surface area contributed by atoms with E-state index in [4.69, 9.17) is 10.5 Å². The van der Waals surface area contributed by atoms with Crippen LogP contribution in [-0.4, -0.2) is 23.0 Å². The van der Waals surface area contributed by atoms with Crippen molar-refractivity contribution >= 4 is 39.0 Å². The molecule has 112 valence electrons. The number of nitrogens with one attached hydrogen (secondary N) is 1. The molecule has 1 amide bonds. The Morgan fingerprint density at radius 2 is 2.23 bits per heavy atom. The zero-order chi connectivity index (χ0) is 15.7. The van der Waals surface area contributed by atoms with E-state index in [-0.39, 0.29) is 11.3 Å². The van der Waals surface area contributed by atoms with Gasteiger partial charge in [-0.05, 0) is 17.5 Å². The number of amides is 1. The molecule has 8 heteroatoms. The lowest BCUT2D eigenvalue weighted by atomic mass is 10.1. The number of fused-ring (bicyclic) bond motifs is 1. The average molecular weight is 318 g/mol. The third-order valence-corrected chi connectivity index (χ3v) is 3.89. The van der Waals surface area contributed by atoms with Gasteiger partial charge in [-0.2, -0.15) is 0 Å². The van der Waals surface area contributed by atoms with Crippen LogP contribution in [-0.2, 0) is 0 Å². The zero-order valence-electron chi connectivity index (χ0n) is 11.5. The Labute approximate surface area is 128 Å². The molecule has 3 aromatic rings. The minimum absolute atomic E-state index is 0.231. The van der Waals surface area contributed by atoms with Gasteiger partial charge in [-0.1, -0.05) is 0 Å². The molecule has 0 atom stereocenters. The van der Waals surface area contributed by atoms with E-state index < -0.39 is 11.7 Å². The second kappa shape index (κ2) is 5.57. The molecule has 0 radical (unpaired) electrons. The quantitative estimate of drug-likeness (QED) is 0.772. The number of ether oxygens (including phenoxy) is 1. The first kappa shape index (κ1) is 14.2. The van der Waals surface area contributed by atoms with Crippen LogP contribution in [0.2, 0.25) is 0 Å². The maximum atomic E-state index is 13.9. The second-order valence-electron chi connectivity index (χ2n) is 4.38. The molecule has 0 spiro atoms. The summed E-state index contributed by atoms with van der Waals surface area (Å²) in [5.74, 6) is -0.774. The molecule has 2 aromatic heterocycles. The van der Waals surface area contributed by atoms with Gasteiger partial charge in [0, 0.05) is 6.07 Å². The number of rotatable bonds is 4. The molecule has 0 aliphatic heterocycles. The van der Waals surface area contributed by atoms with Gasteiger partial charge in [-0.3, -0.25) is 4.79 Å². The van der Waals surface area contributed by atoms with E-state index in [1.807, 2.05) is 11.4 Å². The van der Waals surface area contributed by atoms with Crippen LogP contribution in [0.4, 0.5) is 15.9 Å². The number of carbonyl (C=O) groups excluding carboxylic acids is 1. The van der Waals surface area contributed by atoms with Crippen molar-refractivity contribution in [2.24, 2.45) is 5.73 Å². The second-order valence-corrected chi connectivity index (χ2v) is 5.28. The summed E-state index contributed by atoms with van der Waals surface area (Å²) in [6.45, 7) is 0. The standard InChI is InChI=1S/C14H11FN4O2S/c1-21-11-4-8(12(16)20)9(15)5-10(11)19-13-7-2-3-22-14(7)18-6-17-13/h2-6H,1H3,(H2,16,20)(H,17,18,19). The molecule has 1 aromatic carbocycles. The van der Waals surface area contributed by atoms with Crippen LogP contribution >= 0.6 is 11.3 Å². The van der Waals surface area contributed by atoms with Gasteiger partial charge in [0.25, 0.3) is 5.91 Å². The molecule has 2 heterocycles. The van der Waals surface area contributed by atoms with Gasteiger partial charge < -0.3 is 15.8 Å². The summed E-state index contributed by atoms with van der Waals surface area (Å²) in [7, 11) is 1.42. The third kappa shape index (κ3) is 2.44. The summed E-state index contributed by atoms with van der Waals surface area (Å²) in [4.78, 5) is 20.3. The number of halogens is 1. The summed E-state index contributed by atoms with van der Waals surface area (Å²) in [5.41, 5.74) is 5.24. The first-order valence-electron chi connectivity index (χ1n) is 6.22. The molecule has 0 saturated carbocycles. The fourth-order valence-corrected chi connectivity index (χ4v) is 2.76. The van der Waals surface area contributed by atoms with Crippen LogP contribution in [0.1, 0.15) is 10.4 Å². The number of nitrogens with zero attached hydrogens (tertiary/aromatic N) is 2. The van der Waals surface area contributed by atoms with Crippen molar-refractivity contribution in [1.82, 2.24) is 9.97 Å². The average Bonchev–Trinajstić information content (AvgIpc) is 2.96. The molecule has 0 aliphatic rings. The van der Waals surface area contributed by atoms with Crippen LogP contribution in [0.25, 0.3) is 10.2 Å². The van der Waals surface area contributed by atoms with E-state index in [1.54, 1.807) is 0 Å². The van der Waals surface area contributed by atoms with Gasteiger partial charge in [0.2, 0.25) is 0 Å². The highest BCUT2D eigenvalue weighted by Crippen LogP contribution is 2.32. The maximum Gasteiger partial charge on any atom is 0.251 e. The summed E-state index contributed by atoms with van der Waals surface area (Å²) in [5, 5.41) is 5.70. The van der Waals surface area contributed by atoms with Crippen LogP contribution in [0.3, 0.4) is 0 Å². The van der Waals surface area contributed by atoms with Crippen molar-refractivity contribution in [2.45, 2.75) is 0 Å². The molecular formula is C14H11FN4O2S. The summed E-state index contributed by atoms with van der Waals surface area (Å²) < 4.78 is 19.1. The van der Waals surface area contributed by atoms with Gasteiger partial charge in [0.1, 0.15) is 28.5 Å². The normalized spacial score (nSPS) is 10.6. The Morgan fingerprint density at radius 3 is 2.95 bits per heavy atom. The van der Waals surface area contributed by atoms with E-state index in [0.717, 1.165) is 16.3 Å². The lowest BCUT2D eigenvalue weighted by Gasteiger charge is -2.12. The lowest BCUT2D eigenvalue weighted by molar-refractivity contribution is 0.0996. The first-order chi connectivity index (χ1) is 10.6. The fraction of sp³-hybridized carbons (Fsp3) is 0.0714. The van der Waals surface area contributed by atoms with Crippen molar-refractivity contribution in [3.05, 3.63) is 41.3 Å². The molecule has 0 bridgehead atoms. The predicted octanol–water partition coefficient (Wildman–Crippen LogP) is 2.68. The smallest absolute Gasteiger partial charge is 0.251 e. The molecule has 0 fully saturated rings. The fourth-order valence-electron chi connectivity index (χ4n) is 2.03. The van der Waals surface area contributed by atoms with Crippen LogP contribution in [0.5, 0.6) is 5.75 Å². The van der Waals surface area contributed by atoms with E-state index in [1.165, 1.54) is 30.8 Å². The van der Waals surface area contributed by atoms with Gasteiger partial charge >= 0.3 is 0 Å². The monoisotopic (exact) mass is 318 g/mol. The van der Waals surface area contributed by atoms with Crippen molar-refractivity contribution in [3.8, 4) is 5.75 Å². The van der Waals surface area contributed by atoms with Gasteiger partial charge in [0.15, 0.2) is 0 Å². The van der Waals surface area contributed by atoms with Gasteiger partial charge in [-0.15, -0.1) is 11.3 Å². The number of benzene rings is 1. The van der Waals surface area contributed by atoms with Crippen molar-refractivity contribution < 1.29 is 13.9 Å². The van der Waals surface area contributed by atoms with Crippen LogP contribution in [0.15, 0.2) is 29.9 Å². The Bertz CT molecular complexity index is 865. The Balaban J connectivity index is 2.07. The molecule has 0 aliphatic carbocycles. The molecule has 0 unspecified atom stereocenters. The predicted molar refractivity (Wildman–Crippen MR) is 82.2 cm³/mol. The van der Waals surface area contributed by atoms with Gasteiger partial charge in [0.05, 0.1) is 23.7 Å². The lowest BCUT2D eigenvalue weighted by Crippen LogP contribution is -2.13. The largest absolute Gasteiger partial charge is 0.495 e. The van der Waals surface area contributed by atoms with Crippen molar-refractivity contribution in [2.75, 3.05) is 12.4 Å². The van der Waals surface area contributed by atoms with Crippen LogP contribution < -0.4 is 15.8 Å². The summed E-state index contributed by atoms with van der Waals surface area (Å²) in [6, 6.07) is 4.27. The SMILES string of the molecule is COc1cc(C(N)=O)c(F)cc1Nc1ncnc2sccc12. The van der Waals surface area contributed by atoms with E-state index in [2.05, 4.69) is 15.3 Å². The highest BCUT2D eigenvalue weighted by molar-refractivity contribution is 7.16. The first-order valence-corrected chi connectivity index (χ1v) is 7.10. The zero-order valence-corrected chi connectivity index (χ0v) is 12.3. The maximum absolute atomic E-state index is 13.9. The minimum atomic E-state index is -0.857. The van der Waals surface area contributed by atoms with Crippen molar-refractivity contribution in [3.63, 3.8) is 0 Å². The highest BCUT2D eigenvalue weighted by atomic mass is 32.1. The number of methoxy groups -OCH3 is 1. The molecule has 6 nitrogen and oxygen atoms in total. The van der Waals surface area contributed by atoms with E-state index >= 15 is 0 Å². The number of primary amides is 1. The van der Waals surface area contributed by atoms with E-state index in [9.17, 15) is 9.18 Å². The molecule has 3 N–H and O–H groups in total. The number of aromatic nitrogens is 2. The van der Waals surface area contributed by atoms with Gasteiger partial charge in [-0.25, -0.2) is 14.4 Å². The molecular weight excluding hydrogens is 307 g/mol. The Morgan fingerprint density at radius 1 is 1.41 bits per heavy atom. The number of thiophene rings is 1. The third-order valence-electron chi connectivity index (χ3n) is 3.07. The molecule has 22 heavy (non-hydrogen) atoms. The van der Waals surface area contributed by atoms with Crippen LogP contribution in [0, 0.1) is 5.82 Å². The number of hydrogen-bond donors (Lipinski definition) is 2. The number of anilines is 2. The number of hydrogen-bond acceptors (Lipinski definition) is 6. The summed E-state index contributed by atoms with van der Waals surface area (Å²) >= 11 is 1.47. The minimum Gasteiger partial charge on any atom is -0.495 e. The Kier molecular flexibility index (Phi) is 3.60. The Hall–Kier alpha value is -2.74. The molecule has 3 rings (SSSR count). The number of nitrogens with two attached hydrogens (primary N) is 1.